The Morgan fingerprint density at radius 3 is 2.40 bits per heavy atom. The summed E-state index contributed by atoms with van der Waals surface area (Å²) in [4.78, 5) is 59.3. The standard InChI is InChI=1S/C37H32ClFN2O6/c1-4-19-9-11-20(12-10-19)40-33(43)23-15-14-22-25(30(23)35(40)45)18-26-34(44)41(21-13-16-28(39)27(38)17-21)36(46)37(26,3)31(22)24-7-6-8-29(32(24)42)47-5-2/h4,6-14,16-17,23,25-26,30-31,42H,1,5,15,18H2,2-3H3/t23-,25+,26-,30-,31+,37+/m0/s1. The van der Waals surface area contributed by atoms with Gasteiger partial charge in [0.2, 0.25) is 23.6 Å². The first-order chi connectivity index (χ1) is 22.5. The van der Waals surface area contributed by atoms with Gasteiger partial charge in [-0.25, -0.2) is 9.29 Å². The van der Waals surface area contributed by atoms with Crippen molar-refractivity contribution >= 4 is 52.7 Å². The normalized spacial score (nSPS) is 28.2. The molecule has 3 aromatic carbocycles. The number of para-hydroxylation sites is 1. The van der Waals surface area contributed by atoms with Crippen molar-refractivity contribution in [2.24, 2.45) is 29.1 Å². The van der Waals surface area contributed by atoms with E-state index in [-0.39, 0.29) is 53.5 Å². The van der Waals surface area contributed by atoms with Crippen molar-refractivity contribution in [3.8, 4) is 11.5 Å². The van der Waals surface area contributed by atoms with E-state index < -0.39 is 52.6 Å². The van der Waals surface area contributed by atoms with Gasteiger partial charge in [0.05, 0.1) is 46.2 Å². The molecule has 3 fully saturated rings. The summed E-state index contributed by atoms with van der Waals surface area (Å²) < 4.78 is 19.8. The van der Waals surface area contributed by atoms with Crippen LogP contribution in [-0.2, 0) is 19.2 Å². The van der Waals surface area contributed by atoms with Crippen LogP contribution in [0.25, 0.3) is 6.08 Å². The number of fused-ring (bicyclic) bond motifs is 4. The Hall–Kier alpha value is -4.76. The highest BCUT2D eigenvalue weighted by molar-refractivity contribution is 6.32. The molecule has 0 unspecified atom stereocenters. The van der Waals surface area contributed by atoms with Gasteiger partial charge in [-0.05, 0) is 74.6 Å². The molecule has 0 radical (unpaired) electrons. The first-order valence-corrected chi connectivity index (χ1v) is 16.0. The lowest BCUT2D eigenvalue weighted by molar-refractivity contribution is -0.131. The van der Waals surface area contributed by atoms with Crippen LogP contribution in [0.4, 0.5) is 15.8 Å². The monoisotopic (exact) mass is 654 g/mol. The van der Waals surface area contributed by atoms with Crippen molar-refractivity contribution in [3.05, 3.63) is 101 Å². The summed E-state index contributed by atoms with van der Waals surface area (Å²) in [6.07, 6.45) is 3.97. The number of phenols is 1. The molecule has 4 aliphatic rings. The zero-order valence-electron chi connectivity index (χ0n) is 25.8. The minimum absolute atomic E-state index is 0.129. The van der Waals surface area contributed by atoms with Gasteiger partial charge in [0.1, 0.15) is 5.82 Å². The summed E-state index contributed by atoms with van der Waals surface area (Å²) in [5.74, 6) is -6.12. The highest BCUT2D eigenvalue weighted by atomic mass is 35.5. The Morgan fingerprint density at radius 1 is 1.00 bits per heavy atom. The maximum absolute atomic E-state index is 14.6. The average molecular weight is 655 g/mol. The molecule has 47 heavy (non-hydrogen) atoms. The zero-order chi connectivity index (χ0) is 33.4. The Balaban J connectivity index is 1.37. The lowest BCUT2D eigenvalue weighted by Crippen LogP contribution is -2.48. The fourth-order valence-electron chi connectivity index (χ4n) is 8.29. The number of ether oxygens (including phenoxy) is 1. The molecular formula is C37H32ClFN2O6. The van der Waals surface area contributed by atoms with E-state index in [4.69, 9.17) is 16.3 Å². The topological polar surface area (TPSA) is 104 Å². The molecule has 1 saturated carbocycles. The molecule has 0 bridgehead atoms. The first-order valence-electron chi connectivity index (χ1n) is 15.6. The summed E-state index contributed by atoms with van der Waals surface area (Å²) in [6, 6.07) is 15.7. The van der Waals surface area contributed by atoms with Crippen molar-refractivity contribution in [1.82, 2.24) is 0 Å². The van der Waals surface area contributed by atoms with Crippen LogP contribution in [0.2, 0.25) is 5.02 Å². The lowest BCUT2D eigenvalue weighted by Gasteiger charge is -2.49. The summed E-state index contributed by atoms with van der Waals surface area (Å²) >= 11 is 6.08. The molecule has 3 aromatic rings. The minimum Gasteiger partial charge on any atom is -0.504 e. The number of hydrogen-bond acceptors (Lipinski definition) is 6. The maximum Gasteiger partial charge on any atom is 0.241 e. The second-order valence-corrected chi connectivity index (χ2v) is 13.1. The van der Waals surface area contributed by atoms with E-state index in [0.717, 1.165) is 22.1 Å². The largest absolute Gasteiger partial charge is 0.504 e. The summed E-state index contributed by atoms with van der Waals surface area (Å²) in [6.45, 7) is 7.54. The van der Waals surface area contributed by atoms with Crippen LogP contribution in [0.15, 0.2) is 78.9 Å². The molecule has 2 saturated heterocycles. The highest BCUT2D eigenvalue weighted by Crippen LogP contribution is 2.65. The minimum atomic E-state index is -1.40. The Bertz CT molecular complexity index is 1910. The van der Waals surface area contributed by atoms with Crippen molar-refractivity contribution in [2.45, 2.75) is 32.6 Å². The van der Waals surface area contributed by atoms with Gasteiger partial charge in [0, 0.05) is 11.5 Å². The number of imide groups is 2. The van der Waals surface area contributed by atoms with Gasteiger partial charge in [0.25, 0.3) is 0 Å². The number of nitrogens with zero attached hydrogens (tertiary/aromatic N) is 2. The predicted molar refractivity (Wildman–Crippen MR) is 174 cm³/mol. The number of allylic oxidation sites excluding steroid dienone is 2. The maximum atomic E-state index is 14.6. The summed E-state index contributed by atoms with van der Waals surface area (Å²) in [5.41, 5.74) is 1.12. The SMILES string of the molecule is C=Cc1ccc(N2C(=O)[C@H]3[C@H](CC=C4[C@H]3C[C@H]3C(=O)N(c5ccc(F)c(Cl)c5)C(=O)[C@@]3(C)[C@H]4c3cccc(OCC)c3O)C2=O)cc1. The van der Waals surface area contributed by atoms with E-state index in [0.29, 0.717) is 11.3 Å². The molecule has 2 aliphatic carbocycles. The Labute approximate surface area is 276 Å². The zero-order valence-corrected chi connectivity index (χ0v) is 26.5. The average Bonchev–Trinajstić information content (AvgIpc) is 3.43. The number of carbonyl (C=O) groups excluding carboxylic acids is 4. The molecule has 1 N–H and O–H groups in total. The number of hydrogen-bond donors (Lipinski definition) is 1. The van der Waals surface area contributed by atoms with Crippen molar-refractivity contribution in [1.29, 1.82) is 0 Å². The number of phenolic OH excluding ortho intramolecular Hbond substituents is 1. The van der Waals surface area contributed by atoms with Crippen molar-refractivity contribution < 1.29 is 33.4 Å². The molecule has 8 nitrogen and oxygen atoms in total. The molecule has 4 amide bonds. The summed E-state index contributed by atoms with van der Waals surface area (Å²) in [7, 11) is 0. The van der Waals surface area contributed by atoms with Crippen LogP contribution >= 0.6 is 11.6 Å². The van der Waals surface area contributed by atoms with E-state index >= 15 is 0 Å². The van der Waals surface area contributed by atoms with Crippen LogP contribution < -0.4 is 14.5 Å². The number of carbonyl (C=O) groups is 4. The van der Waals surface area contributed by atoms with E-state index in [1.165, 1.54) is 17.0 Å². The quantitative estimate of drug-likeness (QED) is 0.235. The summed E-state index contributed by atoms with van der Waals surface area (Å²) in [5, 5.41) is 11.3. The van der Waals surface area contributed by atoms with Gasteiger partial charge in [-0.3, -0.25) is 24.1 Å². The second-order valence-electron chi connectivity index (χ2n) is 12.7. The van der Waals surface area contributed by atoms with Gasteiger partial charge in [-0.2, -0.15) is 0 Å². The van der Waals surface area contributed by atoms with Gasteiger partial charge < -0.3 is 9.84 Å². The number of amides is 4. The third-order valence-electron chi connectivity index (χ3n) is 10.5. The molecule has 7 rings (SSSR count). The highest BCUT2D eigenvalue weighted by Gasteiger charge is 2.68. The van der Waals surface area contributed by atoms with Crippen LogP contribution in [0.1, 0.15) is 43.7 Å². The van der Waals surface area contributed by atoms with Crippen LogP contribution in [0.3, 0.4) is 0 Å². The second kappa shape index (κ2) is 11.2. The van der Waals surface area contributed by atoms with E-state index in [2.05, 4.69) is 6.58 Å². The van der Waals surface area contributed by atoms with Crippen LogP contribution in [0.5, 0.6) is 11.5 Å². The van der Waals surface area contributed by atoms with E-state index in [9.17, 15) is 28.7 Å². The third-order valence-corrected chi connectivity index (χ3v) is 10.8. The Morgan fingerprint density at radius 2 is 1.72 bits per heavy atom. The number of halogens is 2. The number of anilines is 2. The van der Waals surface area contributed by atoms with Crippen molar-refractivity contribution in [3.63, 3.8) is 0 Å². The van der Waals surface area contributed by atoms with E-state index in [1.54, 1.807) is 62.4 Å². The van der Waals surface area contributed by atoms with E-state index in [1.807, 2.05) is 6.08 Å². The number of aromatic hydroxyl groups is 1. The van der Waals surface area contributed by atoms with Crippen LogP contribution in [0, 0.1) is 34.9 Å². The first kappa shape index (κ1) is 30.9. The molecule has 0 spiro atoms. The van der Waals surface area contributed by atoms with Gasteiger partial charge in [0.15, 0.2) is 11.5 Å². The molecule has 10 heteroatoms. The number of benzene rings is 3. The number of rotatable bonds is 6. The fourth-order valence-corrected chi connectivity index (χ4v) is 8.46. The van der Waals surface area contributed by atoms with Gasteiger partial charge >= 0.3 is 0 Å². The molecule has 0 aromatic heterocycles. The fraction of sp³-hybridized carbons (Fsp3) is 0.297. The molecule has 240 valence electrons. The smallest absolute Gasteiger partial charge is 0.241 e. The predicted octanol–water partition coefficient (Wildman–Crippen LogP) is 6.66. The molecule has 2 heterocycles. The van der Waals surface area contributed by atoms with Gasteiger partial charge in [-0.1, -0.05) is 60.2 Å². The third kappa shape index (κ3) is 4.39. The molecule has 2 aliphatic heterocycles. The molecule has 6 atom stereocenters. The lowest BCUT2D eigenvalue weighted by atomic mass is 9.51. The van der Waals surface area contributed by atoms with Crippen molar-refractivity contribution in [2.75, 3.05) is 16.4 Å². The van der Waals surface area contributed by atoms with Gasteiger partial charge in [-0.15, -0.1) is 0 Å². The van der Waals surface area contributed by atoms with Crippen LogP contribution in [-0.4, -0.2) is 35.3 Å². The Kier molecular flexibility index (Phi) is 7.35. The molecular weight excluding hydrogens is 623 g/mol.